The van der Waals surface area contributed by atoms with Crippen LogP contribution in [0, 0.1) is 5.92 Å². The van der Waals surface area contributed by atoms with Crippen LogP contribution in [-0.4, -0.2) is 124 Å². The number of para-hydroxylation sites is 1. The Balaban J connectivity index is 1.07. The number of aromatic amines is 1. The van der Waals surface area contributed by atoms with Crippen molar-refractivity contribution in [3.63, 3.8) is 0 Å². The number of aromatic hydroxyl groups is 1. The van der Waals surface area contributed by atoms with Gasteiger partial charge in [0.05, 0.1) is 6.04 Å². The van der Waals surface area contributed by atoms with Crippen LogP contribution < -0.4 is 54.4 Å². The van der Waals surface area contributed by atoms with Crippen molar-refractivity contribution in [3.05, 3.63) is 162 Å². The third-order valence-corrected chi connectivity index (χ3v) is 15.2. The highest BCUT2D eigenvalue weighted by Gasteiger charge is 2.35. The molecule has 6 aromatic carbocycles. The van der Waals surface area contributed by atoms with Crippen LogP contribution in [0.1, 0.15) is 48.9 Å². The second-order valence-electron chi connectivity index (χ2n) is 21.1. The number of phenolic OH excluding ortho intramolecular Hbond substituents is 1. The summed E-state index contributed by atoms with van der Waals surface area (Å²) >= 11 is 8.69. The zero-order chi connectivity index (χ0) is 60.5. The van der Waals surface area contributed by atoms with Crippen LogP contribution in [0.5, 0.6) is 5.75 Å². The third-order valence-electron chi connectivity index (χ3n) is 14.5. The predicted molar refractivity (Wildman–Crippen MR) is 331 cm³/mol. The quantitative estimate of drug-likeness (QED) is 0.0303. The molecule has 8 atom stereocenters. The van der Waals surface area contributed by atoms with Gasteiger partial charge in [0.15, 0.2) is 0 Å². The zero-order valence-corrected chi connectivity index (χ0v) is 48.5. The van der Waals surface area contributed by atoms with Crippen molar-refractivity contribution in [1.82, 2.24) is 42.2 Å². The molecule has 0 radical (unpaired) electrons. The number of benzene rings is 6. The van der Waals surface area contributed by atoms with Crippen LogP contribution in [-0.2, 0) is 64.0 Å². The number of nitrogens with two attached hydrogens (primary N) is 3. The van der Waals surface area contributed by atoms with E-state index in [1.54, 1.807) is 32.2 Å². The molecule has 1 heterocycles. The molecule has 0 aliphatic rings. The van der Waals surface area contributed by atoms with Gasteiger partial charge in [-0.3, -0.25) is 38.4 Å². The van der Waals surface area contributed by atoms with Crippen LogP contribution in [0.2, 0.25) is 0 Å². The van der Waals surface area contributed by atoms with Crippen molar-refractivity contribution in [2.45, 2.75) is 101 Å². The Bertz CT molecular complexity index is 3470. The Labute approximate surface area is 497 Å². The molecule has 8 amide bonds. The fourth-order valence-corrected chi connectivity index (χ4v) is 10.3. The smallest absolute Gasteiger partial charge is 0.244 e. The average molecular weight is 1180 g/mol. The lowest BCUT2D eigenvalue weighted by molar-refractivity contribution is -0.136. The number of primary amides is 1. The molecule has 22 heteroatoms. The standard InChI is InChI=1S/C62H73N11O9S2/c1-35(2)54(62(82)72-53(34-84)60(80)68-49(55(65)75)30-38-18-22-40-11-4-6-13-42(40)27-38)73-57(77)48(16-9-25-63)67-59(79)51(31-43-32-66-47-15-8-7-14-45(43)47)70-58(78)50(29-36-19-23-44(74)24-20-36)69-61(81)52(33-83)71-56(76)46(64)28-37-17-21-39-10-3-5-12-41(39)26-37/h3-8,10-15,17-24,26-27,32,35,46,48-54,66,74,83-84H,9,16,25,28-31,33-34,63-64H2,1-2H3,(H2,65,75)(H,67,79)(H,68,80)(H,69,81)(H,70,78)(H,71,76)(H,72,82)(H,73,77)/t46-,48+,49+,50+,51-,52+,53+,54+/m1/s1. The Morgan fingerprint density at radius 2 is 0.952 bits per heavy atom. The minimum Gasteiger partial charge on any atom is -0.508 e. The zero-order valence-electron chi connectivity index (χ0n) is 46.7. The summed E-state index contributed by atoms with van der Waals surface area (Å²) in [7, 11) is 0. The lowest BCUT2D eigenvalue weighted by Gasteiger charge is -2.29. The highest BCUT2D eigenvalue weighted by atomic mass is 32.1. The van der Waals surface area contributed by atoms with Crippen molar-refractivity contribution >= 4 is 105 Å². The number of hydrogen-bond acceptors (Lipinski definition) is 13. The largest absolute Gasteiger partial charge is 0.508 e. The first-order valence-corrected chi connectivity index (χ1v) is 29.0. The normalized spacial score (nSPS) is 14.2. The molecule has 442 valence electrons. The Kier molecular flexibility index (Phi) is 22.7. The van der Waals surface area contributed by atoms with E-state index in [0.717, 1.165) is 43.6 Å². The molecular formula is C62H73N11O9S2. The Morgan fingerprint density at radius 3 is 1.51 bits per heavy atom. The van der Waals surface area contributed by atoms with E-state index in [0.29, 0.717) is 11.1 Å². The van der Waals surface area contributed by atoms with Crippen molar-refractivity contribution < 1.29 is 43.5 Å². The van der Waals surface area contributed by atoms with E-state index in [-0.39, 0.29) is 62.3 Å². The van der Waals surface area contributed by atoms with E-state index in [9.17, 15) is 43.5 Å². The van der Waals surface area contributed by atoms with Gasteiger partial charge in [-0.15, -0.1) is 0 Å². The molecule has 7 aromatic rings. The van der Waals surface area contributed by atoms with E-state index in [4.69, 9.17) is 17.2 Å². The summed E-state index contributed by atoms with van der Waals surface area (Å²) in [6.45, 7) is 3.47. The number of carbonyl (C=O) groups is 8. The van der Waals surface area contributed by atoms with Gasteiger partial charge in [0.2, 0.25) is 47.3 Å². The summed E-state index contributed by atoms with van der Waals surface area (Å²) in [6, 6.07) is 30.0. The van der Waals surface area contributed by atoms with Gasteiger partial charge in [-0.25, -0.2) is 0 Å². The topological polar surface area (TPSA) is 335 Å². The highest BCUT2D eigenvalue weighted by molar-refractivity contribution is 7.80. The van der Waals surface area contributed by atoms with E-state index < -0.39 is 102 Å². The maximum Gasteiger partial charge on any atom is 0.244 e. The summed E-state index contributed by atoms with van der Waals surface area (Å²) in [4.78, 5) is 115. The first kappa shape index (κ1) is 63.1. The molecule has 0 saturated heterocycles. The summed E-state index contributed by atoms with van der Waals surface area (Å²) in [5.41, 5.74) is 21.5. The lowest BCUT2D eigenvalue weighted by Crippen LogP contribution is -2.61. The van der Waals surface area contributed by atoms with Gasteiger partial charge in [-0.2, -0.15) is 25.3 Å². The van der Waals surface area contributed by atoms with E-state index in [1.807, 2.05) is 109 Å². The molecule has 0 fully saturated rings. The molecule has 84 heavy (non-hydrogen) atoms. The van der Waals surface area contributed by atoms with Gasteiger partial charge >= 0.3 is 0 Å². The molecule has 0 unspecified atom stereocenters. The summed E-state index contributed by atoms with van der Waals surface area (Å²) < 4.78 is 0. The number of aromatic nitrogens is 1. The maximum absolute atomic E-state index is 14.8. The van der Waals surface area contributed by atoms with Crippen molar-refractivity contribution in [3.8, 4) is 5.75 Å². The number of H-pyrrole nitrogens is 1. The summed E-state index contributed by atoms with van der Waals surface area (Å²) in [5, 5.41) is 33.8. The van der Waals surface area contributed by atoms with Crippen molar-refractivity contribution in [2.24, 2.45) is 23.1 Å². The number of amides is 8. The number of thiol groups is 2. The highest BCUT2D eigenvalue weighted by Crippen LogP contribution is 2.22. The molecule has 0 spiro atoms. The summed E-state index contributed by atoms with van der Waals surface area (Å²) in [5.74, 6) is -7.05. The second kappa shape index (κ2) is 30.2. The van der Waals surface area contributed by atoms with E-state index in [2.05, 4.69) is 67.5 Å². The average Bonchev–Trinajstić information content (AvgIpc) is 4.12. The van der Waals surface area contributed by atoms with Gasteiger partial charge in [0, 0.05) is 47.9 Å². The van der Waals surface area contributed by atoms with Gasteiger partial charge in [0.25, 0.3) is 0 Å². The number of rotatable bonds is 29. The van der Waals surface area contributed by atoms with Gasteiger partial charge < -0.3 is 64.5 Å². The molecule has 20 nitrogen and oxygen atoms in total. The summed E-state index contributed by atoms with van der Waals surface area (Å²) in [6.07, 6.45) is 1.94. The van der Waals surface area contributed by atoms with Crippen LogP contribution in [0.15, 0.2) is 140 Å². The van der Waals surface area contributed by atoms with Crippen molar-refractivity contribution in [2.75, 3.05) is 18.1 Å². The minimum atomic E-state index is -1.40. The number of phenols is 1. The number of fused-ring (bicyclic) bond motifs is 3. The van der Waals surface area contributed by atoms with Crippen LogP contribution in [0.25, 0.3) is 32.4 Å². The molecule has 0 aliphatic carbocycles. The first-order valence-electron chi connectivity index (χ1n) is 27.7. The van der Waals surface area contributed by atoms with Gasteiger partial charge in [-0.1, -0.05) is 129 Å². The SMILES string of the molecule is CC(C)[C@H](NC(=O)[C@H](CCCN)NC(=O)[C@@H](Cc1c[nH]c2ccccc12)NC(=O)[C@H](Cc1ccc(O)cc1)NC(=O)[C@H](CS)NC(=O)[C@H](N)Cc1ccc2ccccc2c1)C(=O)N[C@@H](CS)C(=O)N[C@@H](Cc1ccc2ccccc2c1)C(N)=O. The van der Waals surface area contributed by atoms with Crippen LogP contribution in [0.3, 0.4) is 0 Å². The van der Waals surface area contributed by atoms with E-state index in [1.165, 1.54) is 12.1 Å². The van der Waals surface area contributed by atoms with Crippen molar-refractivity contribution in [1.29, 1.82) is 0 Å². The van der Waals surface area contributed by atoms with E-state index >= 15 is 0 Å². The monoisotopic (exact) mass is 1180 g/mol. The number of nitrogens with one attached hydrogen (secondary N) is 8. The van der Waals surface area contributed by atoms with Gasteiger partial charge in [0.1, 0.15) is 48.0 Å². The van der Waals surface area contributed by atoms with Gasteiger partial charge in [-0.05, 0) is 93.7 Å². The fraction of sp³-hybridized carbons (Fsp3) is 0.323. The molecule has 7 rings (SSSR count). The lowest BCUT2D eigenvalue weighted by atomic mass is 10.00. The molecule has 1 aromatic heterocycles. The Hall–Kier alpha value is -8.44. The Morgan fingerprint density at radius 1 is 0.500 bits per heavy atom. The fourth-order valence-electron chi connectivity index (χ4n) is 9.74. The molecular weight excluding hydrogens is 1110 g/mol. The third kappa shape index (κ3) is 17.3. The maximum atomic E-state index is 14.8. The van der Waals surface area contributed by atoms with Crippen LogP contribution >= 0.6 is 25.3 Å². The second-order valence-corrected chi connectivity index (χ2v) is 21.8. The first-order chi connectivity index (χ1) is 40.3. The van der Waals surface area contributed by atoms with Crippen LogP contribution in [0.4, 0.5) is 0 Å². The number of carbonyl (C=O) groups excluding carboxylic acids is 8. The molecule has 0 aliphatic heterocycles. The number of hydrogen-bond donors (Lipinski definition) is 14. The predicted octanol–water partition coefficient (Wildman–Crippen LogP) is 2.91. The molecule has 0 saturated carbocycles. The minimum absolute atomic E-state index is 0.00390. The molecule has 15 N–H and O–H groups in total. The molecule has 0 bridgehead atoms.